The van der Waals surface area contributed by atoms with Crippen LogP contribution in [0.15, 0.2) is 61.1 Å². The number of para-hydroxylation sites is 1. The number of hydrogen-bond donors (Lipinski definition) is 0. The fourth-order valence-electron chi connectivity index (χ4n) is 3.55. The van der Waals surface area contributed by atoms with Crippen molar-refractivity contribution < 1.29 is 14.3 Å². The Hall–Kier alpha value is -3.19. The van der Waals surface area contributed by atoms with Crippen molar-refractivity contribution in [2.75, 3.05) is 45.3 Å². The molecule has 1 fully saturated rings. The predicted octanol–water partition coefficient (Wildman–Crippen LogP) is 3.27. The third-order valence-corrected chi connectivity index (χ3v) is 5.16. The maximum atomic E-state index is 13.1. The Balaban J connectivity index is 0.00000256. The molecule has 7 nitrogen and oxygen atoms in total. The molecule has 0 saturated carbocycles. The molecule has 2 aromatic carbocycles. The lowest BCUT2D eigenvalue weighted by Gasteiger charge is -2.36. The van der Waals surface area contributed by atoms with Gasteiger partial charge in [-0.1, -0.05) is 18.2 Å². The normalized spacial score (nSPS) is 13.5. The molecular weight excluding hydrogens is 404 g/mol. The lowest BCUT2D eigenvalue weighted by Crippen LogP contribution is -2.49. The minimum atomic E-state index is -0.00535. The minimum Gasteiger partial charge on any atom is -0.497 e. The summed E-state index contributed by atoms with van der Waals surface area (Å²) in [6.45, 7) is 2.75. The second kappa shape index (κ2) is 9.54. The molecule has 158 valence electrons. The van der Waals surface area contributed by atoms with Gasteiger partial charge in [0.15, 0.2) is 0 Å². The first-order chi connectivity index (χ1) is 14.2. The van der Waals surface area contributed by atoms with Crippen LogP contribution in [0.2, 0.25) is 0 Å². The summed E-state index contributed by atoms with van der Waals surface area (Å²) >= 11 is 0. The van der Waals surface area contributed by atoms with Crippen LogP contribution in [0.3, 0.4) is 0 Å². The lowest BCUT2D eigenvalue weighted by molar-refractivity contribution is 0.0738. The molecule has 1 amide bonds. The number of rotatable bonds is 5. The van der Waals surface area contributed by atoms with Crippen molar-refractivity contribution in [3.63, 3.8) is 0 Å². The van der Waals surface area contributed by atoms with Gasteiger partial charge in [-0.2, -0.15) is 0 Å². The SMILES string of the molecule is COc1cc(OC)cc(N2CCN(C(=O)c3cncn3-c3ccccc3)CC2)c1.Cl. The molecule has 0 radical (unpaired) electrons. The fourth-order valence-corrected chi connectivity index (χ4v) is 3.55. The molecule has 1 aromatic heterocycles. The minimum absolute atomic E-state index is 0. The average molecular weight is 429 g/mol. The summed E-state index contributed by atoms with van der Waals surface area (Å²) in [5.41, 5.74) is 2.53. The molecule has 1 aliphatic rings. The summed E-state index contributed by atoms with van der Waals surface area (Å²) in [5, 5.41) is 0. The molecule has 0 bridgehead atoms. The van der Waals surface area contributed by atoms with Gasteiger partial charge in [-0.05, 0) is 12.1 Å². The highest BCUT2D eigenvalue weighted by molar-refractivity contribution is 5.93. The van der Waals surface area contributed by atoms with Crippen molar-refractivity contribution in [3.8, 4) is 17.2 Å². The van der Waals surface area contributed by atoms with Crippen LogP contribution in [0, 0.1) is 0 Å². The van der Waals surface area contributed by atoms with Crippen molar-refractivity contribution >= 4 is 24.0 Å². The van der Waals surface area contributed by atoms with Crippen LogP contribution in [0.4, 0.5) is 5.69 Å². The third-order valence-electron chi connectivity index (χ3n) is 5.16. The van der Waals surface area contributed by atoms with Crippen LogP contribution in [-0.4, -0.2) is 60.8 Å². The molecule has 2 heterocycles. The van der Waals surface area contributed by atoms with Crippen LogP contribution < -0.4 is 14.4 Å². The van der Waals surface area contributed by atoms with Gasteiger partial charge in [0, 0.05) is 55.8 Å². The van der Waals surface area contributed by atoms with Gasteiger partial charge < -0.3 is 19.3 Å². The van der Waals surface area contributed by atoms with Gasteiger partial charge in [-0.15, -0.1) is 12.4 Å². The quantitative estimate of drug-likeness (QED) is 0.624. The molecule has 0 spiro atoms. The number of piperazine rings is 1. The number of carbonyl (C=O) groups excluding carboxylic acids is 1. The van der Waals surface area contributed by atoms with Gasteiger partial charge in [0.1, 0.15) is 17.2 Å². The van der Waals surface area contributed by atoms with Gasteiger partial charge >= 0.3 is 0 Å². The van der Waals surface area contributed by atoms with E-state index in [1.165, 1.54) is 0 Å². The van der Waals surface area contributed by atoms with E-state index in [-0.39, 0.29) is 18.3 Å². The number of anilines is 1. The Morgan fingerprint density at radius 1 is 0.900 bits per heavy atom. The summed E-state index contributed by atoms with van der Waals surface area (Å²) < 4.78 is 12.6. The summed E-state index contributed by atoms with van der Waals surface area (Å²) in [4.78, 5) is 21.4. The predicted molar refractivity (Wildman–Crippen MR) is 118 cm³/mol. The number of aromatic nitrogens is 2. The molecule has 4 rings (SSSR count). The topological polar surface area (TPSA) is 59.8 Å². The monoisotopic (exact) mass is 428 g/mol. The number of hydrogen-bond acceptors (Lipinski definition) is 5. The molecule has 1 aliphatic heterocycles. The van der Waals surface area contributed by atoms with E-state index in [0.29, 0.717) is 18.8 Å². The second-order valence-corrected chi connectivity index (χ2v) is 6.83. The molecule has 3 aromatic rings. The third kappa shape index (κ3) is 4.36. The van der Waals surface area contributed by atoms with E-state index < -0.39 is 0 Å². The van der Waals surface area contributed by atoms with Crippen LogP contribution in [-0.2, 0) is 0 Å². The summed E-state index contributed by atoms with van der Waals surface area (Å²) in [6.07, 6.45) is 3.32. The molecule has 0 aliphatic carbocycles. The van der Waals surface area contributed by atoms with Crippen LogP contribution >= 0.6 is 12.4 Å². The largest absolute Gasteiger partial charge is 0.497 e. The number of ether oxygens (including phenoxy) is 2. The Labute approximate surface area is 182 Å². The standard InChI is InChI=1S/C22H24N4O3.ClH/c1-28-19-12-18(13-20(14-19)29-2)24-8-10-25(11-9-24)22(27)21-15-23-16-26(21)17-6-4-3-5-7-17;/h3-7,12-16H,8-11H2,1-2H3;1H. The van der Waals surface area contributed by atoms with Gasteiger partial charge in [0.2, 0.25) is 0 Å². The smallest absolute Gasteiger partial charge is 0.272 e. The highest BCUT2D eigenvalue weighted by Crippen LogP contribution is 2.29. The number of imidazole rings is 1. The van der Waals surface area contributed by atoms with E-state index in [1.807, 2.05) is 58.0 Å². The lowest BCUT2D eigenvalue weighted by atomic mass is 10.2. The summed E-state index contributed by atoms with van der Waals surface area (Å²) in [7, 11) is 3.29. The Morgan fingerprint density at radius 2 is 1.53 bits per heavy atom. The molecular formula is C22H25ClN4O3. The van der Waals surface area contributed by atoms with Crippen LogP contribution in [0.25, 0.3) is 5.69 Å². The Kier molecular flexibility index (Phi) is 6.84. The van der Waals surface area contributed by atoms with Crippen molar-refractivity contribution in [3.05, 3.63) is 66.7 Å². The highest BCUT2D eigenvalue weighted by atomic mass is 35.5. The first kappa shape index (κ1) is 21.5. The zero-order chi connectivity index (χ0) is 20.2. The first-order valence-corrected chi connectivity index (χ1v) is 9.54. The zero-order valence-electron chi connectivity index (χ0n) is 17.0. The van der Waals surface area contributed by atoms with E-state index >= 15 is 0 Å². The number of carbonyl (C=O) groups is 1. The number of methoxy groups -OCH3 is 2. The van der Waals surface area contributed by atoms with Gasteiger partial charge in [-0.25, -0.2) is 4.98 Å². The maximum Gasteiger partial charge on any atom is 0.272 e. The molecule has 0 unspecified atom stereocenters. The summed E-state index contributed by atoms with van der Waals surface area (Å²) in [6, 6.07) is 15.6. The van der Waals surface area contributed by atoms with E-state index in [0.717, 1.165) is 36.0 Å². The van der Waals surface area contributed by atoms with Crippen molar-refractivity contribution in [1.82, 2.24) is 14.5 Å². The van der Waals surface area contributed by atoms with Gasteiger partial charge in [0.05, 0.1) is 26.7 Å². The van der Waals surface area contributed by atoms with E-state index in [1.54, 1.807) is 26.7 Å². The van der Waals surface area contributed by atoms with E-state index in [4.69, 9.17) is 9.47 Å². The Bertz CT molecular complexity index is 963. The molecule has 0 atom stereocenters. The molecule has 1 saturated heterocycles. The molecule has 30 heavy (non-hydrogen) atoms. The number of amides is 1. The van der Waals surface area contributed by atoms with Gasteiger partial charge in [0.25, 0.3) is 5.91 Å². The number of halogens is 1. The molecule has 0 N–H and O–H groups in total. The molecule has 8 heteroatoms. The van der Waals surface area contributed by atoms with E-state index in [9.17, 15) is 4.79 Å². The Morgan fingerprint density at radius 3 is 2.13 bits per heavy atom. The maximum absolute atomic E-state index is 13.1. The second-order valence-electron chi connectivity index (χ2n) is 6.83. The van der Waals surface area contributed by atoms with E-state index in [2.05, 4.69) is 9.88 Å². The number of benzene rings is 2. The highest BCUT2D eigenvalue weighted by Gasteiger charge is 2.25. The zero-order valence-corrected chi connectivity index (χ0v) is 17.8. The van der Waals surface area contributed by atoms with Crippen molar-refractivity contribution in [1.29, 1.82) is 0 Å². The number of nitrogens with zero attached hydrogens (tertiary/aromatic N) is 4. The van der Waals surface area contributed by atoms with Gasteiger partial charge in [-0.3, -0.25) is 9.36 Å². The summed E-state index contributed by atoms with van der Waals surface area (Å²) in [5.74, 6) is 1.50. The van der Waals surface area contributed by atoms with Crippen LogP contribution in [0.5, 0.6) is 11.5 Å². The average Bonchev–Trinajstić information content (AvgIpc) is 3.29. The van der Waals surface area contributed by atoms with Crippen molar-refractivity contribution in [2.45, 2.75) is 0 Å². The van der Waals surface area contributed by atoms with Crippen molar-refractivity contribution in [2.24, 2.45) is 0 Å². The van der Waals surface area contributed by atoms with Crippen LogP contribution in [0.1, 0.15) is 10.5 Å². The first-order valence-electron chi connectivity index (χ1n) is 9.54. The fraction of sp³-hybridized carbons (Fsp3) is 0.273.